The molecule has 0 aliphatic rings. The molecule has 5 heteroatoms. The Hall–Kier alpha value is -2.16. The van der Waals surface area contributed by atoms with Gasteiger partial charge in [0.05, 0.1) is 6.54 Å². The molecular formula is C15H15N3OS. The Bertz CT molecular complexity index is 640. The van der Waals surface area contributed by atoms with Crippen molar-refractivity contribution in [3.63, 3.8) is 0 Å². The predicted molar refractivity (Wildman–Crippen MR) is 80.3 cm³/mol. The van der Waals surface area contributed by atoms with Gasteiger partial charge in [0.15, 0.2) is 0 Å². The number of carbonyl (C=O) groups is 1. The van der Waals surface area contributed by atoms with Gasteiger partial charge in [0, 0.05) is 31.5 Å². The molecular weight excluding hydrogens is 270 g/mol. The average Bonchev–Trinajstić information content (AvgIpc) is 2.93. The first kappa shape index (κ1) is 14.3. The summed E-state index contributed by atoms with van der Waals surface area (Å²) in [4.78, 5) is 18.7. The zero-order valence-electron chi connectivity index (χ0n) is 11.2. The minimum absolute atomic E-state index is 0.0295. The summed E-state index contributed by atoms with van der Waals surface area (Å²) in [5, 5.41) is 1.87. The third-order valence-corrected chi connectivity index (χ3v) is 3.60. The molecule has 2 heterocycles. The van der Waals surface area contributed by atoms with Gasteiger partial charge in [0.1, 0.15) is 4.88 Å². The maximum absolute atomic E-state index is 12.4. The molecule has 2 N–H and O–H groups in total. The van der Waals surface area contributed by atoms with Crippen molar-refractivity contribution in [2.24, 2.45) is 5.73 Å². The monoisotopic (exact) mass is 285 g/mol. The molecule has 2 rings (SSSR count). The Morgan fingerprint density at radius 1 is 1.40 bits per heavy atom. The lowest BCUT2D eigenvalue weighted by Crippen LogP contribution is -2.26. The van der Waals surface area contributed by atoms with Gasteiger partial charge in [-0.25, -0.2) is 0 Å². The molecule has 0 radical (unpaired) electrons. The smallest absolute Gasteiger partial charge is 0.265 e. The molecule has 0 saturated carbocycles. The van der Waals surface area contributed by atoms with Crippen molar-refractivity contribution in [2.75, 3.05) is 13.6 Å². The fourth-order valence-corrected chi connectivity index (χ4v) is 2.57. The number of hydrogen-bond donors (Lipinski definition) is 1. The van der Waals surface area contributed by atoms with Crippen molar-refractivity contribution < 1.29 is 4.79 Å². The van der Waals surface area contributed by atoms with Crippen LogP contribution in [-0.2, 0) is 6.54 Å². The van der Waals surface area contributed by atoms with Gasteiger partial charge >= 0.3 is 0 Å². The highest BCUT2D eigenvalue weighted by atomic mass is 32.1. The Kier molecular flexibility index (Phi) is 4.88. The Labute approximate surface area is 122 Å². The van der Waals surface area contributed by atoms with Crippen molar-refractivity contribution in [3.8, 4) is 11.8 Å². The number of rotatable bonds is 3. The molecule has 2 aromatic rings. The van der Waals surface area contributed by atoms with Crippen LogP contribution in [-0.4, -0.2) is 29.4 Å². The van der Waals surface area contributed by atoms with Crippen molar-refractivity contribution >= 4 is 17.2 Å². The van der Waals surface area contributed by atoms with Gasteiger partial charge in [-0.15, -0.1) is 11.3 Å². The number of aromatic nitrogens is 1. The van der Waals surface area contributed by atoms with Crippen LogP contribution in [0.2, 0.25) is 0 Å². The van der Waals surface area contributed by atoms with E-state index in [1.807, 2.05) is 23.6 Å². The van der Waals surface area contributed by atoms with Crippen molar-refractivity contribution in [2.45, 2.75) is 6.54 Å². The number of carbonyl (C=O) groups excluding carboxylic acids is 1. The lowest BCUT2D eigenvalue weighted by atomic mass is 10.2. The number of nitrogens with two attached hydrogens (primary N) is 1. The maximum atomic E-state index is 12.4. The Morgan fingerprint density at radius 3 is 2.85 bits per heavy atom. The zero-order valence-corrected chi connectivity index (χ0v) is 12.0. The van der Waals surface area contributed by atoms with Gasteiger partial charge in [-0.05, 0) is 29.1 Å². The summed E-state index contributed by atoms with van der Waals surface area (Å²) in [6.07, 6.45) is 3.44. The molecule has 2 aromatic heterocycles. The van der Waals surface area contributed by atoms with E-state index in [1.54, 1.807) is 24.3 Å². The van der Waals surface area contributed by atoms with E-state index in [2.05, 4.69) is 16.8 Å². The van der Waals surface area contributed by atoms with Crippen LogP contribution in [0, 0.1) is 11.8 Å². The quantitative estimate of drug-likeness (QED) is 0.874. The molecule has 0 aliphatic heterocycles. The number of amides is 1. The van der Waals surface area contributed by atoms with Crippen LogP contribution in [0.3, 0.4) is 0 Å². The van der Waals surface area contributed by atoms with Gasteiger partial charge in [0.25, 0.3) is 5.91 Å². The van der Waals surface area contributed by atoms with E-state index in [9.17, 15) is 4.79 Å². The minimum atomic E-state index is -0.0295. The third kappa shape index (κ3) is 3.44. The van der Waals surface area contributed by atoms with Crippen LogP contribution >= 0.6 is 11.3 Å². The van der Waals surface area contributed by atoms with E-state index in [-0.39, 0.29) is 12.5 Å². The minimum Gasteiger partial charge on any atom is -0.337 e. The second-order valence-corrected chi connectivity index (χ2v) is 5.10. The van der Waals surface area contributed by atoms with Gasteiger partial charge < -0.3 is 10.6 Å². The number of pyridine rings is 1. The first-order valence-electron chi connectivity index (χ1n) is 6.13. The summed E-state index contributed by atoms with van der Waals surface area (Å²) in [5.41, 5.74) is 7.15. The molecule has 0 bridgehead atoms. The summed E-state index contributed by atoms with van der Waals surface area (Å²) < 4.78 is 0. The fourth-order valence-electron chi connectivity index (χ4n) is 1.73. The molecule has 4 nitrogen and oxygen atoms in total. The van der Waals surface area contributed by atoms with Crippen molar-refractivity contribution in [1.82, 2.24) is 9.88 Å². The normalized spacial score (nSPS) is 9.70. The molecule has 102 valence electrons. The molecule has 0 atom stereocenters. The van der Waals surface area contributed by atoms with Crippen LogP contribution in [0.4, 0.5) is 0 Å². The van der Waals surface area contributed by atoms with Gasteiger partial charge in [-0.3, -0.25) is 9.78 Å². The van der Waals surface area contributed by atoms with E-state index in [4.69, 9.17) is 5.73 Å². The van der Waals surface area contributed by atoms with E-state index in [0.29, 0.717) is 11.4 Å². The summed E-state index contributed by atoms with van der Waals surface area (Å²) in [6.45, 7) is 0.833. The van der Waals surface area contributed by atoms with Crippen LogP contribution in [0.15, 0.2) is 36.0 Å². The number of hydrogen-bond acceptors (Lipinski definition) is 4. The van der Waals surface area contributed by atoms with E-state index >= 15 is 0 Å². The lowest BCUT2D eigenvalue weighted by Gasteiger charge is -2.16. The van der Waals surface area contributed by atoms with Gasteiger partial charge in [0.2, 0.25) is 0 Å². The molecule has 0 unspecified atom stereocenters. The summed E-state index contributed by atoms with van der Waals surface area (Å²) in [7, 11) is 1.78. The lowest BCUT2D eigenvalue weighted by molar-refractivity contribution is 0.0789. The SMILES string of the molecule is CN(Cc1ccncc1)C(=O)c1sccc1C#CCN. The van der Waals surface area contributed by atoms with Crippen LogP contribution in [0.5, 0.6) is 0 Å². The molecule has 1 amide bonds. The topological polar surface area (TPSA) is 59.2 Å². The van der Waals surface area contributed by atoms with E-state index in [0.717, 1.165) is 11.1 Å². The van der Waals surface area contributed by atoms with E-state index < -0.39 is 0 Å². The predicted octanol–water partition coefficient (Wildman–Crippen LogP) is 1.73. The molecule has 0 aliphatic carbocycles. The largest absolute Gasteiger partial charge is 0.337 e. The van der Waals surface area contributed by atoms with Crippen LogP contribution < -0.4 is 5.73 Å². The second kappa shape index (κ2) is 6.85. The van der Waals surface area contributed by atoms with Crippen molar-refractivity contribution in [1.29, 1.82) is 0 Å². The third-order valence-electron chi connectivity index (χ3n) is 2.70. The zero-order chi connectivity index (χ0) is 14.4. The second-order valence-electron chi connectivity index (χ2n) is 4.19. The Morgan fingerprint density at radius 2 is 2.15 bits per heavy atom. The molecule has 0 fully saturated rings. The highest BCUT2D eigenvalue weighted by Gasteiger charge is 2.16. The van der Waals surface area contributed by atoms with Crippen molar-refractivity contribution in [3.05, 3.63) is 52.0 Å². The number of nitrogens with zero attached hydrogens (tertiary/aromatic N) is 2. The molecule has 0 aromatic carbocycles. The highest BCUT2D eigenvalue weighted by molar-refractivity contribution is 7.12. The van der Waals surface area contributed by atoms with E-state index in [1.165, 1.54) is 11.3 Å². The van der Waals surface area contributed by atoms with Crippen LogP contribution in [0.25, 0.3) is 0 Å². The average molecular weight is 285 g/mol. The molecule has 0 saturated heterocycles. The Balaban J connectivity index is 2.13. The van der Waals surface area contributed by atoms with Crippen LogP contribution in [0.1, 0.15) is 20.8 Å². The standard InChI is InChI=1S/C15H15N3OS/c1-18(11-12-4-8-17-9-5-12)15(19)14-13(3-2-7-16)6-10-20-14/h4-6,8-10H,7,11,16H2,1H3. The highest BCUT2D eigenvalue weighted by Crippen LogP contribution is 2.18. The van der Waals surface area contributed by atoms with Gasteiger partial charge in [-0.1, -0.05) is 11.8 Å². The maximum Gasteiger partial charge on any atom is 0.265 e. The summed E-state index contributed by atoms with van der Waals surface area (Å²) in [6, 6.07) is 5.64. The summed E-state index contributed by atoms with van der Waals surface area (Å²) >= 11 is 1.40. The first-order chi connectivity index (χ1) is 9.72. The van der Waals surface area contributed by atoms with Gasteiger partial charge in [-0.2, -0.15) is 0 Å². The molecule has 0 spiro atoms. The molecule has 20 heavy (non-hydrogen) atoms. The summed E-state index contributed by atoms with van der Waals surface area (Å²) in [5.74, 6) is 5.68. The fraction of sp³-hybridized carbons (Fsp3) is 0.200. The first-order valence-corrected chi connectivity index (χ1v) is 7.01. The number of thiophene rings is 1.